The zero-order valence-corrected chi connectivity index (χ0v) is 29.0. The van der Waals surface area contributed by atoms with Crippen molar-refractivity contribution in [1.82, 2.24) is 0 Å². The van der Waals surface area contributed by atoms with Gasteiger partial charge >= 0.3 is 54.8 Å². The second kappa shape index (κ2) is 19.0. The molecule has 0 spiro atoms. The molecule has 0 aliphatic carbocycles. The highest BCUT2D eigenvalue weighted by Crippen LogP contribution is 2.29. The van der Waals surface area contributed by atoms with Gasteiger partial charge in [0.25, 0.3) is 0 Å². The maximum atomic E-state index is 12.6. The van der Waals surface area contributed by atoms with Crippen LogP contribution in [0, 0.1) is 25.9 Å². The molecule has 48 heavy (non-hydrogen) atoms. The summed E-state index contributed by atoms with van der Waals surface area (Å²) in [6, 6.07) is 34.3. The van der Waals surface area contributed by atoms with Gasteiger partial charge in [-0.15, -0.1) is 0 Å². The number of carbonyl (C=O) groups is 2. The van der Waals surface area contributed by atoms with Crippen LogP contribution in [0.1, 0.15) is 13.8 Å². The van der Waals surface area contributed by atoms with E-state index in [1.54, 1.807) is 0 Å². The van der Waals surface area contributed by atoms with Crippen LogP contribution in [0.2, 0.25) is 0 Å². The number of carbonyl (C=O) groups excluding carboxylic acids is 2. The second-order valence-corrected chi connectivity index (χ2v) is 15.4. The average Bonchev–Trinajstić information content (AvgIpc) is 3.00. The van der Waals surface area contributed by atoms with Crippen LogP contribution in [0.3, 0.4) is 0 Å². The summed E-state index contributed by atoms with van der Waals surface area (Å²) in [6.07, 6.45) is -10.4. The van der Waals surface area contributed by atoms with Gasteiger partial charge in [0.2, 0.25) is 0 Å². The Bertz CT molecular complexity index is 1430. The van der Waals surface area contributed by atoms with E-state index >= 15 is 0 Å². The Morgan fingerprint density at radius 1 is 0.500 bits per heavy atom. The van der Waals surface area contributed by atoms with E-state index in [-0.39, 0.29) is 67.9 Å². The lowest BCUT2D eigenvalue weighted by atomic mass is 10.1. The van der Waals surface area contributed by atoms with E-state index in [1.807, 2.05) is 60.7 Å². The minimum absolute atomic E-state index is 0.113. The molecule has 0 bridgehead atoms. The molecule has 0 aromatic heterocycles. The lowest BCUT2D eigenvalue weighted by Gasteiger charge is -2.26. The number of hydrogen-bond acceptors (Lipinski definition) is 6. The third-order valence-corrected chi connectivity index (χ3v) is 10.8. The van der Waals surface area contributed by atoms with Crippen molar-refractivity contribution >= 4 is 11.9 Å². The first-order valence-electron chi connectivity index (χ1n) is 13.0. The van der Waals surface area contributed by atoms with Crippen LogP contribution in [0.25, 0.3) is 0 Å². The first-order valence-corrected chi connectivity index (χ1v) is 17.3. The minimum Gasteiger partial charge on any atom is -0.547 e. The van der Waals surface area contributed by atoms with Gasteiger partial charge in [0.05, 0.1) is 11.9 Å². The molecule has 16 heteroatoms. The van der Waals surface area contributed by atoms with E-state index in [0.29, 0.717) is 0 Å². The van der Waals surface area contributed by atoms with E-state index in [0.717, 1.165) is 0 Å². The fourth-order valence-corrected chi connectivity index (χ4v) is 6.85. The summed E-state index contributed by atoms with van der Waals surface area (Å²) >= 11 is -0.302. The fourth-order valence-electron chi connectivity index (χ4n) is 2.42. The molecule has 0 aliphatic rings. The zero-order chi connectivity index (χ0) is 36.8. The quantitative estimate of drug-likeness (QED) is 0.171. The van der Waals surface area contributed by atoms with E-state index in [1.165, 1.54) is 38.5 Å². The van der Waals surface area contributed by atoms with E-state index in [9.17, 15) is 54.9 Å². The van der Waals surface area contributed by atoms with E-state index < -0.39 is 35.5 Å². The van der Waals surface area contributed by atoms with Gasteiger partial charge in [0.15, 0.2) is 25.5 Å². The molecule has 2 N–H and O–H groups in total. The highest BCUT2D eigenvalue weighted by Gasteiger charge is 2.51. The Labute approximate surface area is 290 Å². The number of carboxylic acid groups (broad SMARTS) is 2. The molecule has 4 aromatic carbocycles. The molecule has 0 amide bonds. The molecule has 0 fully saturated rings. The van der Waals surface area contributed by atoms with Crippen molar-refractivity contribution in [1.29, 1.82) is 0 Å². The van der Waals surface area contributed by atoms with Gasteiger partial charge in [-0.25, -0.2) is 8.78 Å². The Hall–Kier alpha value is -3.36. The molecule has 4 aromatic rings. The lowest BCUT2D eigenvalue weighted by Crippen LogP contribution is -3.61. The Morgan fingerprint density at radius 2 is 0.729 bits per heavy atom. The largest absolute Gasteiger partial charge is 0.547 e. The van der Waals surface area contributed by atoms with Crippen molar-refractivity contribution in [3.63, 3.8) is 0 Å². The maximum absolute atomic E-state index is 12.6. The predicted octanol–water partition coefficient (Wildman–Crippen LogP) is -1.99. The van der Waals surface area contributed by atoms with Gasteiger partial charge in [-0.3, -0.25) is 0 Å². The van der Waals surface area contributed by atoms with Crippen LogP contribution in [0.15, 0.2) is 109 Å². The van der Waals surface area contributed by atoms with Gasteiger partial charge in [0, 0.05) is 0 Å². The van der Waals surface area contributed by atoms with Gasteiger partial charge in [-0.2, -0.15) is 26.3 Å². The van der Waals surface area contributed by atoms with Crippen LogP contribution < -0.4 is 52.6 Å². The van der Waals surface area contributed by atoms with Crippen molar-refractivity contribution < 1.29 is 108 Å². The van der Waals surface area contributed by atoms with Gasteiger partial charge in [-0.05, 0) is 86.6 Å². The normalized spacial score (nSPS) is 13.4. The van der Waals surface area contributed by atoms with Crippen molar-refractivity contribution in [2.75, 3.05) is 0 Å². The van der Waals surface area contributed by atoms with Crippen LogP contribution in [0.4, 0.5) is 35.1 Å². The molecule has 2 unspecified atom stereocenters. The summed E-state index contributed by atoms with van der Waals surface area (Å²) in [5.74, 6) is -5.43. The number of carboxylic acids is 2. The molecule has 4 rings (SSSR count). The van der Waals surface area contributed by atoms with Crippen LogP contribution in [-0.4, -0.2) is 45.7 Å². The summed E-state index contributed by atoms with van der Waals surface area (Å²) < 4.78 is 99.0. The number of aliphatic hydroxyl groups is 2. The van der Waals surface area contributed by atoms with E-state index in [4.69, 9.17) is 10.2 Å². The predicted molar refractivity (Wildman–Crippen MR) is 144 cm³/mol. The molecular weight excluding hydrogens is 886 g/mol. The Balaban J connectivity index is 0.000000325. The Morgan fingerprint density at radius 3 is 0.917 bits per heavy atom. The topological polar surface area (TPSA) is 121 Å². The third-order valence-electron chi connectivity index (χ3n) is 5.41. The third kappa shape index (κ3) is 14.8. The number of halogens is 10. The van der Waals surface area contributed by atoms with Gasteiger partial charge in [0.1, 0.15) is 11.6 Å². The van der Waals surface area contributed by atoms with Crippen molar-refractivity contribution in [3.8, 4) is 0 Å². The molecule has 260 valence electrons. The molecule has 0 saturated carbocycles. The highest BCUT2D eigenvalue weighted by molar-refractivity contribution is 5.75. The van der Waals surface area contributed by atoms with Gasteiger partial charge < -0.3 is 30.0 Å². The van der Waals surface area contributed by atoms with E-state index in [2.05, 4.69) is 24.3 Å². The van der Waals surface area contributed by atoms with Crippen LogP contribution >= 0.6 is 0 Å². The first kappa shape index (κ1) is 42.7. The molecular formula is C32H26F8I2O6. The van der Waals surface area contributed by atoms with Crippen LogP contribution in [-0.2, 0) is 9.59 Å². The summed E-state index contributed by atoms with van der Waals surface area (Å²) in [4.78, 5) is 19.2. The fraction of sp³-hybridized carbons (Fsp3) is 0.188. The monoisotopic (exact) mass is 912 g/mol. The summed E-state index contributed by atoms with van der Waals surface area (Å²) in [7, 11) is 0. The molecule has 0 saturated heterocycles. The zero-order valence-electron chi connectivity index (χ0n) is 24.7. The second-order valence-electron chi connectivity index (χ2n) is 9.37. The minimum atomic E-state index is -5.19. The number of hydrogen-bond donors (Lipinski definition) is 2. The maximum Gasteiger partial charge on any atom is 0.422 e. The van der Waals surface area contributed by atoms with Crippen molar-refractivity contribution in [2.45, 2.75) is 37.4 Å². The SMILES string of the molecule is CC(O)(C(=O)[O-])C(F)(F)F.CC(O)(C(=O)[O-])C(F)(F)F.Fc1ccc([I+]c2ccccc2)cc1.Fc1ccc([I+]c2ccccc2)cc1. The molecule has 0 aliphatic heterocycles. The number of benzene rings is 4. The number of aliphatic carboxylic acids is 2. The van der Waals surface area contributed by atoms with Crippen LogP contribution in [0.5, 0.6) is 0 Å². The average molecular weight is 912 g/mol. The Kier molecular flexibility index (Phi) is 16.9. The first-order chi connectivity index (χ1) is 22.1. The van der Waals surface area contributed by atoms with Crippen molar-refractivity contribution in [3.05, 3.63) is 135 Å². The molecule has 0 radical (unpaired) electrons. The summed E-state index contributed by atoms with van der Waals surface area (Å²) in [6.45, 7) is 0.227. The summed E-state index contributed by atoms with van der Waals surface area (Å²) in [5.41, 5.74) is -7.51. The molecule has 2 atom stereocenters. The molecule has 6 nitrogen and oxygen atoms in total. The van der Waals surface area contributed by atoms with Crippen molar-refractivity contribution in [2.24, 2.45) is 0 Å². The lowest BCUT2D eigenvalue weighted by molar-refractivity contribution is -0.597. The number of rotatable bonds is 6. The summed E-state index contributed by atoms with van der Waals surface area (Å²) in [5, 5.41) is 35.5. The number of alkyl halides is 6. The standard InChI is InChI=1S/2C12H9FI.2C4H5F3O3/c2*13-10-6-8-12(9-7-10)14-11-4-2-1-3-5-11;2*1-3(10,2(8)9)4(5,6)7/h2*1-9H;2*10H,1H3,(H,8,9)/q2*+1;;/p-2. The molecule has 0 heterocycles. The highest BCUT2D eigenvalue weighted by atomic mass is 127. The van der Waals surface area contributed by atoms with Gasteiger partial charge in [-0.1, -0.05) is 36.4 Å². The smallest absolute Gasteiger partial charge is 0.422 e.